The first-order valence-electron chi connectivity index (χ1n) is 8.65. The minimum absolute atomic E-state index is 0.0161. The van der Waals surface area contributed by atoms with E-state index >= 15 is 0 Å². The molecule has 5 nitrogen and oxygen atoms in total. The van der Waals surface area contributed by atoms with Gasteiger partial charge in [0.15, 0.2) is 0 Å². The van der Waals surface area contributed by atoms with Gasteiger partial charge >= 0.3 is 6.09 Å². The molecular formula is C20H24NO4P. The molecule has 1 saturated heterocycles. The van der Waals surface area contributed by atoms with Gasteiger partial charge in [0.05, 0.1) is 12.6 Å². The van der Waals surface area contributed by atoms with Crippen LogP contribution < -0.4 is 10.6 Å². The average molecular weight is 373 g/mol. The summed E-state index contributed by atoms with van der Waals surface area (Å²) in [7, 11) is -2.25. The van der Waals surface area contributed by atoms with Crippen molar-refractivity contribution in [2.45, 2.75) is 25.2 Å². The fourth-order valence-electron chi connectivity index (χ4n) is 2.72. The maximum absolute atomic E-state index is 12.1. The van der Waals surface area contributed by atoms with Crippen LogP contribution in [0.4, 0.5) is 4.79 Å². The third-order valence-electron chi connectivity index (χ3n) is 4.34. The fourth-order valence-corrected chi connectivity index (χ4v) is 3.59. The quantitative estimate of drug-likeness (QED) is 0.598. The maximum Gasteiger partial charge on any atom is 0.407 e. The number of epoxide rings is 1. The van der Waals surface area contributed by atoms with E-state index in [9.17, 15) is 9.36 Å². The predicted octanol–water partition coefficient (Wildman–Crippen LogP) is 3.17. The Morgan fingerprint density at radius 1 is 1.15 bits per heavy atom. The van der Waals surface area contributed by atoms with Crippen LogP contribution in [0.25, 0.3) is 0 Å². The standard InChI is InChI=1S/C20H24NO4P/c1-26(2,23)17-10-8-15(9-11-17)12-18(19-14-24-19)21-20(22)25-13-16-6-4-3-5-7-16/h3-11,18-19H,12-14H2,1-2H3,(H,21,22)/t18?,19-/m0/s1. The molecule has 138 valence electrons. The van der Waals surface area contributed by atoms with Crippen LogP contribution in [-0.2, 0) is 27.1 Å². The SMILES string of the molecule is CP(C)(=O)c1ccc(CC(NC(=O)OCc2ccccc2)[C@@H]2CO2)cc1. The highest BCUT2D eigenvalue weighted by atomic mass is 31.2. The van der Waals surface area contributed by atoms with Crippen molar-refractivity contribution in [1.82, 2.24) is 5.32 Å². The zero-order chi connectivity index (χ0) is 18.6. The number of rotatable bonds is 7. The third-order valence-corrected chi connectivity index (χ3v) is 5.88. The van der Waals surface area contributed by atoms with Crippen LogP contribution in [0.2, 0.25) is 0 Å². The summed E-state index contributed by atoms with van der Waals surface area (Å²) >= 11 is 0. The Hall–Kier alpha value is -2.10. The lowest BCUT2D eigenvalue weighted by Gasteiger charge is -2.17. The lowest BCUT2D eigenvalue weighted by atomic mass is 10.0. The molecule has 0 saturated carbocycles. The van der Waals surface area contributed by atoms with Gasteiger partial charge in [0, 0.05) is 5.30 Å². The van der Waals surface area contributed by atoms with Crippen LogP contribution >= 0.6 is 7.14 Å². The van der Waals surface area contributed by atoms with Gasteiger partial charge < -0.3 is 19.4 Å². The Morgan fingerprint density at radius 2 is 1.81 bits per heavy atom. The van der Waals surface area contributed by atoms with E-state index < -0.39 is 13.2 Å². The van der Waals surface area contributed by atoms with E-state index in [0.29, 0.717) is 13.0 Å². The first-order valence-corrected chi connectivity index (χ1v) is 11.3. The molecule has 2 atom stereocenters. The minimum Gasteiger partial charge on any atom is -0.445 e. The fraction of sp³-hybridized carbons (Fsp3) is 0.350. The Morgan fingerprint density at radius 3 is 2.38 bits per heavy atom. The molecule has 0 bridgehead atoms. The van der Waals surface area contributed by atoms with Crippen molar-refractivity contribution in [2.75, 3.05) is 19.9 Å². The number of amides is 1. The molecule has 2 aromatic carbocycles. The van der Waals surface area contributed by atoms with Gasteiger partial charge in [-0.25, -0.2) is 4.79 Å². The number of nitrogens with one attached hydrogen (secondary N) is 1. The van der Waals surface area contributed by atoms with E-state index in [1.54, 1.807) is 13.3 Å². The number of hydrogen-bond donors (Lipinski definition) is 1. The number of alkyl carbamates (subject to hydrolysis) is 1. The highest BCUT2D eigenvalue weighted by Crippen LogP contribution is 2.34. The Labute approximate surface area is 154 Å². The van der Waals surface area contributed by atoms with E-state index in [4.69, 9.17) is 9.47 Å². The van der Waals surface area contributed by atoms with Gasteiger partial charge in [-0.3, -0.25) is 0 Å². The van der Waals surface area contributed by atoms with Gasteiger partial charge in [0.25, 0.3) is 0 Å². The maximum atomic E-state index is 12.1. The number of ether oxygens (including phenoxy) is 2. The second-order valence-corrected chi connectivity index (χ2v) is 10.1. The average Bonchev–Trinajstić information content (AvgIpc) is 3.45. The van der Waals surface area contributed by atoms with Crippen molar-refractivity contribution in [2.24, 2.45) is 0 Å². The topological polar surface area (TPSA) is 67.9 Å². The molecule has 0 radical (unpaired) electrons. The van der Waals surface area contributed by atoms with E-state index in [1.165, 1.54) is 0 Å². The second-order valence-electron chi connectivity index (χ2n) is 6.91. The molecule has 1 unspecified atom stereocenters. The molecule has 2 aromatic rings. The molecule has 1 amide bonds. The number of carbonyl (C=O) groups excluding carboxylic acids is 1. The Balaban J connectivity index is 1.56. The lowest BCUT2D eigenvalue weighted by Crippen LogP contribution is -2.40. The van der Waals surface area contributed by atoms with Crippen LogP contribution in [0.15, 0.2) is 54.6 Å². The summed E-state index contributed by atoms with van der Waals surface area (Å²) in [5.41, 5.74) is 2.01. The van der Waals surface area contributed by atoms with Crippen molar-refractivity contribution < 1.29 is 18.8 Å². The normalized spacial score (nSPS) is 17.4. The zero-order valence-corrected chi connectivity index (χ0v) is 15.9. The van der Waals surface area contributed by atoms with Crippen molar-refractivity contribution in [3.8, 4) is 0 Å². The predicted molar refractivity (Wildman–Crippen MR) is 103 cm³/mol. The number of carbonyl (C=O) groups is 1. The summed E-state index contributed by atoms with van der Waals surface area (Å²) in [4.78, 5) is 12.1. The highest BCUT2D eigenvalue weighted by Gasteiger charge is 2.34. The van der Waals surface area contributed by atoms with Gasteiger partial charge in [0.1, 0.15) is 19.9 Å². The monoisotopic (exact) mass is 373 g/mol. The molecule has 0 aromatic heterocycles. The summed E-state index contributed by atoms with van der Waals surface area (Å²) in [6, 6.07) is 17.1. The Bertz CT molecular complexity index is 781. The lowest BCUT2D eigenvalue weighted by molar-refractivity contribution is 0.133. The summed E-state index contributed by atoms with van der Waals surface area (Å²) < 4.78 is 22.8. The number of benzene rings is 2. The summed E-state index contributed by atoms with van der Waals surface area (Å²) in [6.07, 6.45) is 0.211. The van der Waals surface area contributed by atoms with Crippen molar-refractivity contribution in [3.05, 3.63) is 65.7 Å². The summed E-state index contributed by atoms with van der Waals surface area (Å²) in [6.45, 7) is 4.39. The third kappa shape index (κ3) is 5.45. The molecule has 0 spiro atoms. The van der Waals surface area contributed by atoms with Gasteiger partial charge in [-0.15, -0.1) is 0 Å². The molecule has 3 rings (SSSR count). The Kier molecular flexibility index (Phi) is 5.80. The van der Waals surface area contributed by atoms with Gasteiger partial charge in [0.2, 0.25) is 0 Å². The van der Waals surface area contributed by atoms with Gasteiger partial charge in [-0.05, 0) is 30.9 Å². The van der Waals surface area contributed by atoms with Crippen LogP contribution in [0.3, 0.4) is 0 Å². The van der Waals surface area contributed by atoms with E-state index in [0.717, 1.165) is 16.4 Å². The van der Waals surface area contributed by atoms with Crippen molar-refractivity contribution >= 4 is 18.5 Å². The minimum atomic E-state index is -2.25. The van der Waals surface area contributed by atoms with Crippen molar-refractivity contribution in [1.29, 1.82) is 0 Å². The van der Waals surface area contributed by atoms with Crippen molar-refractivity contribution in [3.63, 3.8) is 0 Å². The molecule has 26 heavy (non-hydrogen) atoms. The first-order chi connectivity index (χ1) is 12.4. The van der Waals surface area contributed by atoms with E-state index in [-0.39, 0.29) is 18.8 Å². The van der Waals surface area contributed by atoms with Gasteiger partial charge in [-0.2, -0.15) is 0 Å². The second kappa shape index (κ2) is 8.07. The molecular weight excluding hydrogens is 349 g/mol. The largest absolute Gasteiger partial charge is 0.445 e. The van der Waals surface area contributed by atoms with Crippen LogP contribution in [0, 0.1) is 0 Å². The van der Waals surface area contributed by atoms with Gasteiger partial charge in [-0.1, -0.05) is 54.6 Å². The van der Waals surface area contributed by atoms with Crippen LogP contribution in [0.5, 0.6) is 0 Å². The van der Waals surface area contributed by atoms with E-state index in [1.807, 2.05) is 54.6 Å². The zero-order valence-electron chi connectivity index (χ0n) is 15.1. The summed E-state index contributed by atoms with van der Waals surface area (Å²) in [5.74, 6) is 0. The molecule has 0 aliphatic carbocycles. The highest BCUT2D eigenvalue weighted by molar-refractivity contribution is 7.70. The van der Waals surface area contributed by atoms with E-state index in [2.05, 4.69) is 5.32 Å². The molecule has 6 heteroatoms. The number of hydrogen-bond acceptors (Lipinski definition) is 4. The molecule has 1 N–H and O–H groups in total. The first kappa shape index (κ1) is 18.7. The smallest absolute Gasteiger partial charge is 0.407 e. The molecule has 1 heterocycles. The van der Waals surface area contributed by atoms with Crippen LogP contribution in [0.1, 0.15) is 11.1 Å². The molecule has 1 aliphatic heterocycles. The molecule has 1 fully saturated rings. The molecule has 1 aliphatic rings. The summed E-state index contributed by atoms with van der Waals surface area (Å²) in [5, 5.41) is 3.76. The van der Waals surface area contributed by atoms with Crippen LogP contribution in [-0.4, -0.2) is 38.2 Å².